The summed E-state index contributed by atoms with van der Waals surface area (Å²) in [5.41, 5.74) is -0.825. The summed E-state index contributed by atoms with van der Waals surface area (Å²) >= 11 is 0. The zero-order valence-electron chi connectivity index (χ0n) is 27.4. The van der Waals surface area contributed by atoms with Crippen LogP contribution in [0.15, 0.2) is 67.3 Å². The van der Waals surface area contributed by atoms with Crippen molar-refractivity contribution in [3.05, 3.63) is 67.3 Å². The number of nitrogens with zero attached hydrogens (tertiary/aromatic N) is 2. The van der Waals surface area contributed by atoms with Gasteiger partial charge in [0.05, 0.1) is 24.6 Å². The predicted octanol–water partition coefficient (Wildman–Crippen LogP) is 4.34. The number of hydrogen-bond acceptors (Lipinski definition) is 9. The molecule has 2 aromatic carbocycles. The topological polar surface area (TPSA) is 153 Å². The lowest BCUT2D eigenvalue weighted by atomic mass is 10.1. The fourth-order valence-electron chi connectivity index (χ4n) is 6.00. The zero-order valence-corrected chi connectivity index (χ0v) is 28.2. The summed E-state index contributed by atoms with van der Waals surface area (Å²) < 4.78 is 44.7. The lowest BCUT2D eigenvalue weighted by Crippen LogP contribution is -2.56. The van der Waals surface area contributed by atoms with E-state index in [9.17, 15) is 22.8 Å². The molecule has 2 N–H and O–H groups in total. The van der Waals surface area contributed by atoms with Gasteiger partial charge in [-0.2, -0.15) is 0 Å². The molecule has 1 aromatic heterocycles. The molecule has 3 amide bonds. The van der Waals surface area contributed by atoms with E-state index >= 15 is 0 Å². The van der Waals surface area contributed by atoms with E-state index in [1.54, 1.807) is 27.9 Å². The smallest absolute Gasteiger partial charge is 0.411 e. The number of hydrogen-bond donors (Lipinski definition) is 2. The second-order valence-corrected chi connectivity index (χ2v) is 15.5. The van der Waals surface area contributed by atoms with Crippen LogP contribution in [0.5, 0.6) is 11.6 Å². The SMILES string of the molecule is C=CC1CC1(NC(=O)C1CC(Oc2nc(-c3ccc(OC)cc3)cc3ccccc23)CN1C(=O)OC(C)(C)C)C(=O)NS(=O)(=O)C1CC1. The highest BCUT2D eigenvalue weighted by Gasteiger charge is 2.62. The number of benzene rings is 2. The van der Waals surface area contributed by atoms with Crippen LogP contribution >= 0.6 is 0 Å². The van der Waals surface area contributed by atoms with Crippen LogP contribution in [0.2, 0.25) is 0 Å². The minimum Gasteiger partial charge on any atom is -0.497 e. The van der Waals surface area contributed by atoms with Gasteiger partial charge in [-0.15, -0.1) is 6.58 Å². The lowest BCUT2D eigenvalue weighted by Gasteiger charge is -2.29. The molecule has 254 valence electrons. The van der Waals surface area contributed by atoms with Gasteiger partial charge >= 0.3 is 6.09 Å². The molecule has 2 heterocycles. The Morgan fingerprint density at radius 2 is 1.79 bits per heavy atom. The number of nitrogens with one attached hydrogen (secondary N) is 2. The maximum atomic E-state index is 14.0. The molecule has 12 nitrogen and oxygen atoms in total. The fourth-order valence-corrected chi connectivity index (χ4v) is 7.36. The summed E-state index contributed by atoms with van der Waals surface area (Å²) in [5, 5.41) is 3.81. The number of pyridine rings is 1. The minimum absolute atomic E-state index is 0.00983. The Kier molecular flexibility index (Phi) is 8.61. The van der Waals surface area contributed by atoms with E-state index in [4.69, 9.17) is 19.2 Å². The number of aromatic nitrogens is 1. The van der Waals surface area contributed by atoms with E-state index in [2.05, 4.69) is 16.6 Å². The molecule has 2 saturated carbocycles. The number of likely N-dealkylation sites (tertiary alicyclic amines) is 1. The first-order valence-electron chi connectivity index (χ1n) is 15.9. The standard InChI is InChI=1S/C35H40N4O8S/c1-6-23-19-35(23,32(41)38-48(43,44)26-15-16-26)37-30(40)29-18-25(20-39(29)33(42)47-34(2,3)4)46-31-27-10-8-7-9-22(27)17-28(36-31)21-11-13-24(45-5)14-12-21/h6-14,17,23,25-26,29H,1,15-16,18-20H2,2-5H3,(H,37,40)(H,38,41). The molecule has 0 bridgehead atoms. The number of amides is 3. The molecule has 1 saturated heterocycles. The van der Waals surface area contributed by atoms with Crippen LogP contribution in [0.1, 0.15) is 46.5 Å². The maximum absolute atomic E-state index is 14.0. The third kappa shape index (κ3) is 6.82. The number of carbonyl (C=O) groups is 3. The molecule has 0 spiro atoms. The Morgan fingerprint density at radius 1 is 1.08 bits per heavy atom. The van der Waals surface area contributed by atoms with Crippen molar-refractivity contribution >= 4 is 38.7 Å². The van der Waals surface area contributed by atoms with Gasteiger partial charge in [0, 0.05) is 23.3 Å². The molecule has 1 aliphatic heterocycles. The molecule has 3 aliphatic rings. The van der Waals surface area contributed by atoms with Gasteiger partial charge in [-0.1, -0.05) is 24.3 Å². The fraction of sp³-hybridized carbons (Fsp3) is 0.429. The molecule has 6 rings (SSSR count). The molecule has 4 atom stereocenters. The Labute approximate surface area is 279 Å². The molecule has 0 radical (unpaired) electrons. The van der Waals surface area contributed by atoms with Crippen molar-refractivity contribution in [1.29, 1.82) is 0 Å². The van der Waals surface area contributed by atoms with E-state index in [1.807, 2.05) is 54.6 Å². The second kappa shape index (κ2) is 12.4. The first-order valence-corrected chi connectivity index (χ1v) is 17.5. The predicted molar refractivity (Wildman–Crippen MR) is 179 cm³/mol. The Bertz CT molecular complexity index is 1870. The first kappa shape index (κ1) is 33.3. The molecule has 3 fully saturated rings. The van der Waals surface area contributed by atoms with Gasteiger partial charge in [0.15, 0.2) is 0 Å². The van der Waals surface area contributed by atoms with Crippen LogP contribution in [-0.2, 0) is 24.3 Å². The summed E-state index contributed by atoms with van der Waals surface area (Å²) in [6.45, 7) is 8.94. The third-order valence-corrected chi connectivity index (χ3v) is 10.6. The maximum Gasteiger partial charge on any atom is 0.411 e. The number of carbonyl (C=O) groups excluding carboxylic acids is 3. The van der Waals surface area contributed by atoms with Gasteiger partial charge in [-0.05, 0) is 81.8 Å². The number of ether oxygens (including phenoxy) is 3. The van der Waals surface area contributed by atoms with Crippen molar-refractivity contribution in [2.45, 2.75) is 75.0 Å². The molecule has 3 aromatic rings. The van der Waals surface area contributed by atoms with Gasteiger partial charge in [0.1, 0.15) is 29.0 Å². The van der Waals surface area contributed by atoms with Gasteiger partial charge < -0.3 is 19.5 Å². The van der Waals surface area contributed by atoms with Crippen LogP contribution < -0.4 is 19.5 Å². The first-order chi connectivity index (χ1) is 22.7. The van der Waals surface area contributed by atoms with Gasteiger partial charge in [0.2, 0.25) is 21.8 Å². The zero-order chi connectivity index (χ0) is 34.4. The summed E-state index contributed by atoms with van der Waals surface area (Å²) in [4.78, 5) is 46.8. The second-order valence-electron chi connectivity index (χ2n) is 13.6. The number of methoxy groups -OCH3 is 1. The average molecular weight is 677 g/mol. The van der Waals surface area contributed by atoms with Crippen molar-refractivity contribution in [2.24, 2.45) is 5.92 Å². The molecular weight excluding hydrogens is 636 g/mol. The van der Waals surface area contributed by atoms with E-state index in [1.165, 1.54) is 11.0 Å². The highest BCUT2D eigenvalue weighted by atomic mass is 32.2. The quantitative estimate of drug-likeness (QED) is 0.299. The molecule has 13 heteroatoms. The van der Waals surface area contributed by atoms with Crippen molar-refractivity contribution in [3.63, 3.8) is 0 Å². The molecule has 48 heavy (non-hydrogen) atoms. The van der Waals surface area contributed by atoms with Crippen LogP contribution in [0, 0.1) is 5.92 Å². The van der Waals surface area contributed by atoms with Gasteiger partial charge in [-0.3, -0.25) is 19.2 Å². The highest BCUT2D eigenvalue weighted by molar-refractivity contribution is 7.91. The largest absolute Gasteiger partial charge is 0.497 e. The third-order valence-electron chi connectivity index (χ3n) is 8.81. The van der Waals surface area contributed by atoms with Crippen LogP contribution in [0.3, 0.4) is 0 Å². The van der Waals surface area contributed by atoms with Crippen molar-refractivity contribution in [1.82, 2.24) is 19.9 Å². The van der Waals surface area contributed by atoms with Crippen molar-refractivity contribution in [2.75, 3.05) is 13.7 Å². The molecular formula is C35H40N4O8S. The van der Waals surface area contributed by atoms with E-state index in [0.29, 0.717) is 30.2 Å². The van der Waals surface area contributed by atoms with Crippen LogP contribution in [0.4, 0.5) is 4.79 Å². The van der Waals surface area contributed by atoms with E-state index < -0.39 is 62.4 Å². The van der Waals surface area contributed by atoms with Gasteiger partial charge in [0.25, 0.3) is 5.91 Å². The molecule has 4 unspecified atom stereocenters. The Balaban J connectivity index is 1.27. The number of fused-ring (bicyclic) bond motifs is 1. The lowest BCUT2D eigenvalue weighted by molar-refractivity contribution is -0.131. The number of rotatable bonds is 10. The highest BCUT2D eigenvalue weighted by Crippen LogP contribution is 2.45. The summed E-state index contributed by atoms with van der Waals surface area (Å²) in [6, 6.07) is 16.0. The average Bonchev–Trinajstić information content (AvgIpc) is 3.97. The monoisotopic (exact) mass is 676 g/mol. The summed E-state index contributed by atoms with van der Waals surface area (Å²) in [6.07, 6.45) is 1.35. The number of sulfonamides is 1. The summed E-state index contributed by atoms with van der Waals surface area (Å²) in [5.74, 6) is -0.865. The molecule has 2 aliphatic carbocycles. The normalized spacial score (nSPS) is 23.7. The minimum atomic E-state index is -3.85. The van der Waals surface area contributed by atoms with Gasteiger partial charge in [-0.25, -0.2) is 18.2 Å². The Morgan fingerprint density at radius 3 is 2.42 bits per heavy atom. The van der Waals surface area contributed by atoms with Crippen molar-refractivity contribution in [3.8, 4) is 22.9 Å². The van der Waals surface area contributed by atoms with Crippen molar-refractivity contribution < 1.29 is 37.0 Å². The Hall–Kier alpha value is -4.65. The van der Waals surface area contributed by atoms with Crippen LogP contribution in [0.25, 0.3) is 22.0 Å². The van der Waals surface area contributed by atoms with Crippen LogP contribution in [-0.4, -0.2) is 78.4 Å². The van der Waals surface area contributed by atoms with E-state index in [-0.39, 0.29) is 19.4 Å². The summed E-state index contributed by atoms with van der Waals surface area (Å²) in [7, 11) is -2.25. The van der Waals surface area contributed by atoms with E-state index in [0.717, 1.165) is 16.3 Å².